The minimum Gasteiger partial charge on any atom is -0.334 e. The third-order valence-electron chi connectivity index (χ3n) is 3.92. The second-order valence-corrected chi connectivity index (χ2v) is 5.18. The van der Waals surface area contributed by atoms with Crippen LogP contribution in [-0.4, -0.2) is 35.1 Å². The zero-order chi connectivity index (χ0) is 15.2. The molecule has 0 atom stereocenters. The number of carbonyl (C=O) groups is 1. The lowest BCUT2D eigenvalue weighted by atomic mass is 10.3. The Labute approximate surface area is 126 Å². The zero-order valence-electron chi connectivity index (χ0n) is 13.1. The topological polar surface area (TPSA) is 51.4 Å². The number of nitrogens with one attached hydrogen (secondary N) is 2. The second kappa shape index (κ2) is 7.22. The van der Waals surface area contributed by atoms with E-state index >= 15 is 0 Å². The maximum absolute atomic E-state index is 11.7. The van der Waals surface area contributed by atoms with Gasteiger partial charge in [0.15, 0.2) is 0 Å². The third kappa shape index (κ3) is 3.61. The van der Waals surface area contributed by atoms with E-state index in [1.807, 2.05) is 25.1 Å². The number of benzene rings is 1. The van der Waals surface area contributed by atoms with E-state index in [0.717, 1.165) is 37.2 Å². The summed E-state index contributed by atoms with van der Waals surface area (Å²) in [6.45, 7) is 10.4. The number of anilines is 1. The molecule has 0 radical (unpaired) electrons. The minimum atomic E-state index is 0.00161. The minimum absolute atomic E-state index is 0.00161. The predicted molar refractivity (Wildman–Crippen MR) is 85.6 cm³/mol. The molecule has 5 heteroatoms. The van der Waals surface area contributed by atoms with Crippen LogP contribution in [0.5, 0.6) is 0 Å². The zero-order valence-corrected chi connectivity index (χ0v) is 13.1. The molecule has 0 bridgehead atoms. The van der Waals surface area contributed by atoms with Crippen molar-refractivity contribution in [1.82, 2.24) is 9.55 Å². The highest BCUT2D eigenvalue weighted by Crippen LogP contribution is 2.19. The third-order valence-corrected chi connectivity index (χ3v) is 3.92. The fourth-order valence-corrected chi connectivity index (χ4v) is 2.48. The van der Waals surface area contributed by atoms with Crippen LogP contribution in [0, 0.1) is 0 Å². The summed E-state index contributed by atoms with van der Waals surface area (Å²) in [6, 6.07) is 8.02. The van der Waals surface area contributed by atoms with Crippen molar-refractivity contribution in [3.8, 4) is 0 Å². The summed E-state index contributed by atoms with van der Waals surface area (Å²) in [5, 5.41) is 2.91. The number of para-hydroxylation sites is 2. The second-order valence-electron chi connectivity index (χ2n) is 5.18. The van der Waals surface area contributed by atoms with Crippen molar-refractivity contribution >= 4 is 22.9 Å². The van der Waals surface area contributed by atoms with Gasteiger partial charge in [-0.05, 0) is 26.0 Å². The van der Waals surface area contributed by atoms with Crippen LogP contribution < -0.4 is 10.2 Å². The van der Waals surface area contributed by atoms with E-state index in [1.54, 1.807) is 4.90 Å². The Hall–Kier alpha value is -1.88. The number of likely N-dealkylation sites (N-methyl/N-ethyl adjacent to an activating group) is 1. The maximum atomic E-state index is 11.7. The Kier molecular flexibility index (Phi) is 5.33. The molecule has 1 amide bonds. The van der Waals surface area contributed by atoms with Gasteiger partial charge in [-0.2, -0.15) is 0 Å². The SMILES string of the molecule is CCC(=O)Nc1nc2ccccc2n1CC[NH+](CC)CC. The summed E-state index contributed by atoms with van der Waals surface area (Å²) in [4.78, 5) is 17.8. The molecule has 2 N–H and O–H groups in total. The summed E-state index contributed by atoms with van der Waals surface area (Å²) in [7, 11) is 0. The molecule has 0 fully saturated rings. The highest BCUT2D eigenvalue weighted by atomic mass is 16.1. The van der Waals surface area contributed by atoms with E-state index in [2.05, 4.69) is 34.8 Å². The van der Waals surface area contributed by atoms with E-state index in [4.69, 9.17) is 0 Å². The smallest absolute Gasteiger partial charge is 0.226 e. The van der Waals surface area contributed by atoms with Crippen LogP contribution in [0.1, 0.15) is 27.2 Å². The molecule has 0 saturated carbocycles. The fourth-order valence-electron chi connectivity index (χ4n) is 2.48. The number of quaternary nitrogens is 1. The first-order valence-electron chi connectivity index (χ1n) is 7.78. The summed E-state index contributed by atoms with van der Waals surface area (Å²) in [6.07, 6.45) is 0.463. The standard InChI is InChI=1S/C16H24N4O/c1-4-15(21)18-16-17-13-9-7-8-10-14(13)20(16)12-11-19(5-2)6-3/h7-10H,4-6,11-12H2,1-3H3,(H,17,18,21)/p+1. The van der Waals surface area contributed by atoms with Gasteiger partial charge in [0.1, 0.15) is 0 Å². The average molecular weight is 289 g/mol. The predicted octanol–water partition coefficient (Wildman–Crippen LogP) is 1.31. The van der Waals surface area contributed by atoms with Gasteiger partial charge in [0, 0.05) is 6.42 Å². The molecule has 21 heavy (non-hydrogen) atoms. The molecule has 0 saturated heterocycles. The first kappa shape index (κ1) is 15.5. The van der Waals surface area contributed by atoms with Gasteiger partial charge < -0.3 is 9.47 Å². The molecule has 2 aromatic rings. The molecule has 0 aliphatic carbocycles. The van der Waals surface area contributed by atoms with Crippen LogP contribution in [0.2, 0.25) is 0 Å². The first-order chi connectivity index (χ1) is 10.2. The van der Waals surface area contributed by atoms with Crippen LogP contribution in [-0.2, 0) is 11.3 Å². The van der Waals surface area contributed by atoms with Crippen molar-refractivity contribution in [1.29, 1.82) is 0 Å². The Morgan fingerprint density at radius 2 is 1.95 bits per heavy atom. The number of nitrogens with zero attached hydrogens (tertiary/aromatic N) is 2. The largest absolute Gasteiger partial charge is 0.334 e. The summed E-state index contributed by atoms with van der Waals surface area (Å²) >= 11 is 0. The van der Waals surface area contributed by atoms with Crippen molar-refractivity contribution in [2.24, 2.45) is 0 Å². The normalized spacial score (nSPS) is 11.2. The van der Waals surface area contributed by atoms with Crippen LogP contribution in [0.15, 0.2) is 24.3 Å². The fraction of sp³-hybridized carbons (Fsp3) is 0.500. The monoisotopic (exact) mass is 289 g/mol. The Balaban J connectivity index is 2.29. The number of amides is 1. The Morgan fingerprint density at radius 3 is 2.62 bits per heavy atom. The van der Waals surface area contributed by atoms with Crippen molar-refractivity contribution in [2.75, 3.05) is 25.0 Å². The lowest BCUT2D eigenvalue weighted by Gasteiger charge is -2.17. The van der Waals surface area contributed by atoms with E-state index in [-0.39, 0.29) is 5.91 Å². The lowest BCUT2D eigenvalue weighted by molar-refractivity contribution is -0.897. The number of rotatable bonds is 7. The maximum Gasteiger partial charge on any atom is 0.226 e. The van der Waals surface area contributed by atoms with Gasteiger partial charge in [0.2, 0.25) is 11.9 Å². The molecular weight excluding hydrogens is 264 g/mol. The molecule has 0 aliphatic rings. The van der Waals surface area contributed by atoms with E-state index < -0.39 is 0 Å². The number of carbonyl (C=O) groups excluding carboxylic acids is 1. The molecule has 2 rings (SSSR count). The van der Waals surface area contributed by atoms with Gasteiger partial charge in [0.25, 0.3) is 0 Å². The molecule has 114 valence electrons. The highest BCUT2D eigenvalue weighted by molar-refractivity contribution is 5.91. The number of fused-ring (bicyclic) bond motifs is 1. The molecular formula is C16H25N4O+. The quantitative estimate of drug-likeness (QED) is 0.807. The van der Waals surface area contributed by atoms with E-state index in [0.29, 0.717) is 12.4 Å². The van der Waals surface area contributed by atoms with Crippen molar-refractivity contribution in [3.05, 3.63) is 24.3 Å². The van der Waals surface area contributed by atoms with Crippen LogP contribution in [0.25, 0.3) is 11.0 Å². The van der Waals surface area contributed by atoms with Crippen LogP contribution >= 0.6 is 0 Å². The number of hydrogen-bond donors (Lipinski definition) is 2. The lowest BCUT2D eigenvalue weighted by Crippen LogP contribution is -3.11. The molecule has 1 aromatic carbocycles. The summed E-state index contributed by atoms with van der Waals surface area (Å²) in [5.41, 5.74) is 2.01. The van der Waals surface area contributed by atoms with E-state index in [9.17, 15) is 4.79 Å². The molecule has 1 aromatic heterocycles. The Morgan fingerprint density at radius 1 is 1.24 bits per heavy atom. The van der Waals surface area contributed by atoms with Crippen LogP contribution in [0.3, 0.4) is 0 Å². The number of hydrogen-bond acceptors (Lipinski definition) is 2. The van der Waals surface area contributed by atoms with Crippen molar-refractivity contribution in [3.63, 3.8) is 0 Å². The van der Waals surface area contributed by atoms with Crippen LogP contribution in [0.4, 0.5) is 5.95 Å². The van der Waals surface area contributed by atoms with Gasteiger partial charge in [0.05, 0.1) is 37.2 Å². The molecule has 0 aliphatic heterocycles. The molecule has 0 unspecified atom stereocenters. The first-order valence-corrected chi connectivity index (χ1v) is 7.78. The highest BCUT2D eigenvalue weighted by Gasteiger charge is 2.13. The Bertz CT molecular complexity index is 601. The molecule has 0 spiro atoms. The van der Waals surface area contributed by atoms with Gasteiger partial charge >= 0.3 is 0 Å². The van der Waals surface area contributed by atoms with E-state index in [1.165, 1.54) is 0 Å². The summed E-state index contributed by atoms with van der Waals surface area (Å²) in [5.74, 6) is 0.663. The van der Waals surface area contributed by atoms with Gasteiger partial charge in [-0.3, -0.25) is 10.1 Å². The van der Waals surface area contributed by atoms with Gasteiger partial charge in [-0.1, -0.05) is 19.1 Å². The average Bonchev–Trinajstić information content (AvgIpc) is 2.85. The number of imidazole rings is 1. The summed E-state index contributed by atoms with van der Waals surface area (Å²) < 4.78 is 2.12. The molecule has 5 nitrogen and oxygen atoms in total. The van der Waals surface area contributed by atoms with Gasteiger partial charge in [-0.15, -0.1) is 0 Å². The van der Waals surface area contributed by atoms with Crippen molar-refractivity contribution < 1.29 is 9.69 Å². The van der Waals surface area contributed by atoms with Crippen molar-refractivity contribution in [2.45, 2.75) is 33.7 Å². The van der Waals surface area contributed by atoms with Gasteiger partial charge in [-0.25, -0.2) is 4.98 Å². The molecule has 1 heterocycles. The number of aromatic nitrogens is 2.